The molecule has 0 saturated carbocycles. The van der Waals surface area contributed by atoms with Gasteiger partial charge in [0.1, 0.15) is 0 Å². The maximum Gasteiger partial charge on any atom is 0.307 e. The van der Waals surface area contributed by atoms with Gasteiger partial charge in [0, 0.05) is 19.2 Å². The van der Waals surface area contributed by atoms with Crippen molar-refractivity contribution < 1.29 is 14.6 Å². The van der Waals surface area contributed by atoms with Gasteiger partial charge in [-0.2, -0.15) is 0 Å². The molecule has 0 bridgehead atoms. The van der Waals surface area contributed by atoms with Crippen molar-refractivity contribution in [2.24, 2.45) is 5.92 Å². The molecule has 2 rings (SSSR count). The van der Waals surface area contributed by atoms with Gasteiger partial charge in [-0.25, -0.2) is 0 Å². The Kier molecular flexibility index (Phi) is 4.93. The minimum absolute atomic E-state index is 0.0868. The number of hydrogen-bond donors (Lipinski definition) is 2. The fourth-order valence-electron chi connectivity index (χ4n) is 2.34. The minimum Gasteiger partial charge on any atom is -0.481 e. The second kappa shape index (κ2) is 6.68. The number of carbonyl (C=O) groups is 1. The van der Waals surface area contributed by atoms with Crippen molar-refractivity contribution in [1.82, 2.24) is 5.32 Å². The van der Waals surface area contributed by atoms with Crippen LogP contribution in [-0.4, -0.2) is 30.3 Å². The van der Waals surface area contributed by atoms with Gasteiger partial charge < -0.3 is 15.2 Å². The topological polar surface area (TPSA) is 58.6 Å². The van der Waals surface area contributed by atoms with E-state index >= 15 is 0 Å². The van der Waals surface area contributed by atoms with Crippen LogP contribution < -0.4 is 5.32 Å². The zero-order valence-corrected chi connectivity index (χ0v) is 11.3. The highest BCUT2D eigenvalue weighted by molar-refractivity contribution is 5.70. The Labute approximate surface area is 113 Å². The van der Waals surface area contributed by atoms with Gasteiger partial charge in [0.25, 0.3) is 0 Å². The fourth-order valence-corrected chi connectivity index (χ4v) is 2.34. The summed E-state index contributed by atoms with van der Waals surface area (Å²) in [6, 6.07) is 8.19. The third-order valence-corrected chi connectivity index (χ3v) is 3.68. The first-order valence-electron chi connectivity index (χ1n) is 6.76. The van der Waals surface area contributed by atoms with Gasteiger partial charge in [-0.1, -0.05) is 24.3 Å². The number of aliphatic carboxylic acids is 1. The van der Waals surface area contributed by atoms with Crippen molar-refractivity contribution in [3.63, 3.8) is 0 Å². The normalized spacial score (nSPS) is 20.4. The first-order valence-corrected chi connectivity index (χ1v) is 6.76. The van der Waals surface area contributed by atoms with Gasteiger partial charge in [-0.3, -0.25) is 4.79 Å². The van der Waals surface area contributed by atoms with E-state index in [9.17, 15) is 4.79 Å². The predicted octanol–water partition coefficient (Wildman–Crippen LogP) is 1.83. The molecule has 1 fully saturated rings. The Morgan fingerprint density at radius 1 is 1.42 bits per heavy atom. The van der Waals surface area contributed by atoms with Gasteiger partial charge in [-0.15, -0.1) is 0 Å². The second-order valence-corrected chi connectivity index (χ2v) is 5.18. The van der Waals surface area contributed by atoms with Crippen LogP contribution in [-0.2, 0) is 22.5 Å². The van der Waals surface area contributed by atoms with E-state index in [2.05, 4.69) is 12.2 Å². The van der Waals surface area contributed by atoms with Gasteiger partial charge in [0.2, 0.25) is 0 Å². The fraction of sp³-hybridized carbons (Fsp3) is 0.533. The maximum absolute atomic E-state index is 10.6. The van der Waals surface area contributed by atoms with Crippen molar-refractivity contribution in [3.8, 4) is 0 Å². The molecule has 0 radical (unpaired) electrons. The van der Waals surface area contributed by atoms with Crippen LogP contribution in [0.1, 0.15) is 24.5 Å². The Morgan fingerprint density at radius 3 is 2.68 bits per heavy atom. The summed E-state index contributed by atoms with van der Waals surface area (Å²) < 4.78 is 5.39. The molecule has 2 unspecified atom stereocenters. The molecule has 1 aromatic rings. The summed E-state index contributed by atoms with van der Waals surface area (Å²) in [6.07, 6.45) is 1.22. The number of hydrogen-bond acceptors (Lipinski definition) is 3. The average Bonchev–Trinajstić information content (AvgIpc) is 2.91. The van der Waals surface area contributed by atoms with E-state index < -0.39 is 5.97 Å². The van der Waals surface area contributed by atoms with Crippen LogP contribution in [0.2, 0.25) is 0 Å². The largest absolute Gasteiger partial charge is 0.481 e. The first-order chi connectivity index (χ1) is 9.15. The summed E-state index contributed by atoms with van der Waals surface area (Å²) in [5.41, 5.74) is 2.02. The standard InChI is InChI=1S/C15H21NO3/c1-11(14-6-7-19-10-14)16-9-13-4-2-12(3-5-13)8-15(17)18/h2-5,11,14,16H,6-10H2,1H3,(H,17,18). The van der Waals surface area contributed by atoms with E-state index in [-0.39, 0.29) is 6.42 Å². The molecular formula is C15H21NO3. The van der Waals surface area contributed by atoms with Crippen LogP contribution in [0.4, 0.5) is 0 Å². The molecule has 1 aromatic carbocycles. The monoisotopic (exact) mass is 263 g/mol. The summed E-state index contributed by atoms with van der Waals surface area (Å²) >= 11 is 0. The molecule has 1 heterocycles. The number of carboxylic acid groups (broad SMARTS) is 1. The van der Waals surface area contributed by atoms with E-state index in [1.807, 2.05) is 24.3 Å². The molecule has 2 N–H and O–H groups in total. The van der Waals surface area contributed by atoms with Crippen LogP contribution in [0.25, 0.3) is 0 Å². The smallest absolute Gasteiger partial charge is 0.307 e. The molecule has 4 heteroatoms. The van der Waals surface area contributed by atoms with Crippen molar-refractivity contribution in [2.45, 2.75) is 32.4 Å². The molecule has 0 spiro atoms. The van der Waals surface area contributed by atoms with Crippen molar-refractivity contribution >= 4 is 5.97 Å². The molecule has 104 valence electrons. The summed E-state index contributed by atoms with van der Waals surface area (Å²) in [5.74, 6) is -0.188. The van der Waals surface area contributed by atoms with E-state index in [0.29, 0.717) is 12.0 Å². The van der Waals surface area contributed by atoms with Crippen molar-refractivity contribution in [2.75, 3.05) is 13.2 Å². The lowest BCUT2D eigenvalue weighted by molar-refractivity contribution is -0.136. The molecule has 0 aromatic heterocycles. The van der Waals surface area contributed by atoms with Crippen molar-refractivity contribution in [3.05, 3.63) is 35.4 Å². The molecule has 0 amide bonds. The van der Waals surface area contributed by atoms with Gasteiger partial charge >= 0.3 is 5.97 Å². The van der Waals surface area contributed by atoms with Crippen LogP contribution in [0.3, 0.4) is 0 Å². The average molecular weight is 263 g/mol. The second-order valence-electron chi connectivity index (χ2n) is 5.18. The molecule has 4 nitrogen and oxygen atoms in total. The maximum atomic E-state index is 10.6. The summed E-state index contributed by atoms with van der Waals surface area (Å²) in [5, 5.41) is 12.2. The molecular weight excluding hydrogens is 242 g/mol. The molecule has 2 atom stereocenters. The lowest BCUT2D eigenvalue weighted by Crippen LogP contribution is -2.33. The Balaban J connectivity index is 1.80. The zero-order valence-electron chi connectivity index (χ0n) is 11.3. The Bertz CT molecular complexity index is 410. The first kappa shape index (κ1) is 14.0. The summed E-state index contributed by atoms with van der Waals surface area (Å²) in [6.45, 7) is 4.73. The Hall–Kier alpha value is -1.39. The number of benzene rings is 1. The Morgan fingerprint density at radius 2 is 2.11 bits per heavy atom. The molecule has 1 aliphatic rings. The predicted molar refractivity (Wildman–Crippen MR) is 73.0 cm³/mol. The molecule has 19 heavy (non-hydrogen) atoms. The van der Waals surface area contributed by atoms with Gasteiger partial charge in [0.15, 0.2) is 0 Å². The van der Waals surface area contributed by atoms with E-state index in [0.717, 1.165) is 31.7 Å². The number of ether oxygens (including phenoxy) is 1. The number of carboxylic acids is 1. The SMILES string of the molecule is CC(NCc1ccc(CC(=O)O)cc1)C1CCOC1. The van der Waals surface area contributed by atoms with E-state index in [1.54, 1.807) is 0 Å². The lowest BCUT2D eigenvalue weighted by Gasteiger charge is -2.19. The third-order valence-electron chi connectivity index (χ3n) is 3.68. The lowest BCUT2D eigenvalue weighted by atomic mass is 10.0. The van der Waals surface area contributed by atoms with Crippen LogP contribution in [0, 0.1) is 5.92 Å². The highest BCUT2D eigenvalue weighted by Gasteiger charge is 2.21. The van der Waals surface area contributed by atoms with E-state index in [4.69, 9.17) is 9.84 Å². The highest BCUT2D eigenvalue weighted by Crippen LogP contribution is 2.16. The quantitative estimate of drug-likeness (QED) is 0.822. The molecule has 0 aliphatic carbocycles. The van der Waals surface area contributed by atoms with Crippen LogP contribution in [0.15, 0.2) is 24.3 Å². The summed E-state index contributed by atoms with van der Waals surface area (Å²) in [4.78, 5) is 10.6. The van der Waals surface area contributed by atoms with Crippen molar-refractivity contribution in [1.29, 1.82) is 0 Å². The van der Waals surface area contributed by atoms with Gasteiger partial charge in [0.05, 0.1) is 13.0 Å². The van der Waals surface area contributed by atoms with E-state index in [1.165, 1.54) is 5.56 Å². The highest BCUT2D eigenvalue weighted by atomic mass is 16.5. The molecule has 1 saturated heterocycles. The van der Waals surface area contributed by atoms with Crippen LogP contribution >= 0.6 is 0 Å². The number of rotatable bonds is 6. The summed E-state index contributed by atoms with van der Waals surface area (Å²) in [7, 11) is 0. The van der Waals surface area contributed by atoms with Gasteiger partial charge in [-0.05, 0) is 30.4 Å². The minimum atomic E-state index is -0.791. The van der Waals surface area contributed by atoms with Crippen LogP contribution in [0.5, 0.6) is 0 Å². The third kappa shape index (κ3) is 4.33. The zero-order chi connectivity index (χ0) is 13.7. The number of nitrogens with one attached hydrogen (secondary N) is 1. The molecule has 1 aliphatic heterocycles.